The van der Waals surface area contributed by atoms with E-state index in [-0.39, 0.29) is 12.5 Å². The quantitative estimate of drug-likeness (QED) is 0.887. The van der Waals surface area contributed by atoms with Gasteiger partial charge in [0.2, 0.25) is 0 Å². The summed E-state index contributed by atoms with van der Waals surface area (Å²) in [5.41, 5.74) is 1.16. The molecule has 0 saturated carbocycles. The highest BCUT2D eigenvalue weighted by Crippen LogP contribution is 2.25. The number of benzene rings is 1. The summed E-state index contributed by atoms with van der Waals surface area (Å²) < 4.78 is 10.9. The van der Waals surface area contributed by atoms with Crippen LogP contribution in [0.1, 0.15) is 18.4 Å². The molecule has 1 atom stereocenters. The minimum atomic E-state index is -0.779. The molecule has 1 N–H and O–H groups in total. The third kappa shape index (κ3) is 3.96. The summed E-state index contributed by atoms with van der Waals surface area (Å²) in [5, 5.41) is 9.33. The first kappa shape index (κ1) is 13.9. The van der Waals surface area contributed by atoms with Crippen molar-refractivity contribution in [3.63, 3.8) is 0 Å². The lowest BCUT2D eigenvalue weighted by Gasteiger charge is -2.27. The molecule has 0 aliphatic carbocycles. The van der Waals surface area contributed by atoms with E-state index in [9.17, 15) is 9.90 Å². The van der Waals surface area contributed by atoms with Crippen molar-refractivity contribution in [3.8, 4) is 5.75 Å². The van der Waals surface area contributed by atoms with E-state index >= 15 is 0 Å². The fourth-order valence-corrected chi connectivity index (χ4v) is 2.35. The Morgan fingerprint density at radius 2 is 2.00 bits per heavy atom. The van der Waals surface area contributed by atoms with Gasteiger partial charge in [-0.15, -0.1) is 0 Å². The molecule has 1 heterocycles. The van der Waals surface area contributed by atoms with Crippen molar-refractivity contribution in [2.24, 2.45) is 11.8 Å². The minimum absolute atomic E-state index is 0.150. The number of aliphatic carboxylic acids is 1. The van der Waals surface area contributed by atoms with E-state index < -0.39 is 11.9 Å². The summed E-state index contributed by atoms with van der Waals surface area (Å²) in [7, 11) is 0. The zero-order valence-electron chi connectivity index (χ0n) is 11.2. The lowest BCUT2D eigenvalue weighted by Crippen LogP contribution is -2.33. The molecule has 4 heteroatoms. The van der Waals surface area contributed by atoms with Crippen LogP contribution in [0.15, 0.2) is 24.3 Å². The molecular formula is C15H20O4. The smallest absolute Gasteiger partial charge is 0.310 e. The van der Waals surface area contributed by atoms with Crippen molar-refractivity contribution in [1.82, 2.24) is 0 Å². The van der Waals surface area contributed by atoms with Gasteiger partial charge in [0.25, 0.3) is 0 Å². The Morgan fingerprint density at radius 3 is 2.58 bits per heavy atom. The second kappa shape index (κ2) is 6.57. The first-order valence-corrected chi connectivity index (χ1v) is 6.67. The van der Waals surface area contributed by atoms with Gasteiger partial charge in [-0.05, 0) is 37.8 Å². The number of hydrogen-bond donors (Lipinski definition) is 1. The van der Waals surface area contributed by atoms with Gasteiger partial charge in [-0.3, -0.25) is 4.79 Å². The first-order valence-electron chi connectivity index (χ1n) is 6.67. The summed E-state index contributed by atoms with van der Waals surface area (Å²) >= 11 is 0. The predicted octanol–water partition coefficient (Wildman–Crippen LogP) is 2.50. The molecule has 1 saturated heterocycles. The molecule has 0 aromatic heterocycles. The van der Waals surface area contributed by atoms with Gasteiger partial charge in [0, 0.05) is 13.2 Å². The Kier molecular flexibility index (Phi) is 4.80. The van der Waals surface area contributed by atoms with Crippen LogP contribution in [0.3, 0.4) is 0 Å². The van der Waals surface area contributed by atoms with Gasteiger partial charge in [0.1, 0.15) is 12.4 Å². The second-order valence-electron chi connectivity index (χ2n) is 5.02. The Bertz CT molecular complexity index is 407. The van der Waals surface area contributed by atoms with Crippen molar-refractivity contribution in [1.29, 1.82) is 0 Å². The van der Waals surface area contributed by atoms with Gasteiger partial charge < -0.3 is 14.6 Å². The molecule has 2 rings (SSSR count). The van der Waals surface area contributed by atoms with E-state index in [1.54, 1.807) is 0 Å². The molecule has 4 nitrogen and oxygen atoms in total. The van der Waals surface area contributed by atoms with Crippen LogP contribution < -0.4 is 4.74 Å². The SMILES string of the molecule is Cc1ccc(OCC(C(=O)O)C2CCOCC2)cc1. The zero-order chi connectivity index (χ0) is 13.7. The maximum absolute atomic E-state index is 11.4. The van der Waals surface area contributed by atoms with Gasteiger partial charge in [0.05, 0.1) is 5.92 Å². The van der Waals surface area contributed by atoms with Crippen molar-refractivity contribution in [2.45, 2.75) is 19.8 Å². The molecule has 1 aromatic rings. The third-order valence-corrected chi connectivity index (χ3v) is 3.60. The molecule has 1 unspecified atom stereocenters. The van der Waals surface area contributed by atoms with Crippen molar-refractivity contribution in [3.05, 3.63) is 29.8 Å². The van der Waals surface area contributed by atoms with E-state index in [4.69, 9.17) is 9.47 Å². The predicted molar refractivity (Wildman–Crippen MR) is 71.3 cm³/mol. The van der Waals surface area contributed by atoms with Crippen LogP contribution in [0, 0.1) is 18.8 Å². The number of ether oxygens (including phenoxy) is 2. The van der Waals surface area contributed by atoms with Gasteiger partial charge in [0.15, 0.2) is 0 Å². The lowest BCUT2D eigenvalue weighted by molar-refractivity contribution is -0.146. The average Bonchev–Trinajstić information content (AvgIpc) is 2.42. The van der Waals surface area contributed by atoms with E-state index in [1.807, 2.05) is 31.2 Å². The van der Waals surface area contributed by atoms with Gasteiger partial charge in [-0.2, -0.15) is 0 Å². The van der Waals surface area contributed by atoms with E-state index in [1.165, 1.54) is 0 Å². The largest absolute Gasteiger partial charge is 0.493 e. The average molecular weight is 264 g/mol. The number of hydrogen-bond acceptors (Lipinski definition) is 3. The maximum atomic E-state index is 11.4. The number of carbonyl (C=O) groups is 1. The molecule has 1 aromatic carbocycles. The van der Waals surface area contributed by atoms with Crippen LogP contribution in [-0.2, 0) is 9.53 Å². The number of carboxylic acids is 1. The van der Waals surface area contributed by atoms with Gasteiger partial charge in [-0.1, -0.05) is 17.7 Å². The van der Waals surface area contributed by atoms with Crippen LogP contribution in [0.5, 0.6) is 5.75 Å². The van der Waals surface area contributed by atoms with E-state index in [2.05, 4.69) is 0 Å². The number of rotatable bonds is 5. The van der Waals surface area contributed by atoms with E-state index in [0.717, 1.165) is 24.2 Å². The highest BCUT2D eigenvalue weighted by atomic mass is 16.5. The Balaban J connectivity index is 1.93. The minimum Gasteiger partial charge on any atom is -0.493 e. The lowest BCUT2D eigenvalue weighted by atomic mass is 9.86. The molecule has 1 fully saturated rings. The van der Waals surface area contributed by atoms with Crippen LogP contribution in [-0.4, -0.2) is 30.9 Å². The summed E-state index contributed by atoms with van der Waals surface area (Å²) in [5.74, 6) is -0.357. The first-order chi connectivity index (χ1) is 9.16. The second-order valence-corrected chi connectivity index (χ2v) is 5.02. The molecule has 0 amide bonds. The standard InChI is InChI=1S/C15H20O4/c1-11-2-4-13(5-3-11)19-10-14(15(16)17)12-6-8-18-9-7-12/h2-5,12,14H,6-10H2,1H3,(H,16,17). The monoisotopic (exact) mass is 264 g/mol. The summed E-state index contributed by atoms with van der Waals surface area (Å²) in [4.78, 5) is 11.4. The van der Waals surface area contributed by atoms with Crippen LogP contribution in [0.2, 0.25) is 0 Å². The van der Waals surface area contributed by atoms with Crippen LogP contribution in [0.25, 0.3) is 0 Å². The Hall–Kier alpha value is -1.55. The fourth-order valence-electron chi connectivity index (χ4n) is 2.35. The normalized spacial score (nSPS) is 17.9. The van der Waals surface area contributed by atoms with Crippen molar-refractivity contribution in [2.75, 3.05) is 19.8 Å². The fraction of sp³-hybridized carbons (Fsp3) is 0.533. The molecular weight excluding hydrogens is 244 g/mol. The van der Waals surface area contributed by atoms with Crippen molar-refractivity contribution < 1.29 is 19.4 Å². The Labute approximate surface area is 113 Å². The Morgan fingerprint density at radius 1 is 1.37 bits per heavy atom. The number of aryl methyl sites for hydroxylation is 1. The highest BCUT2D eigenvalue weighted by Gasteiger charge is 2.30. The van der Waals surface area contributed by atoms with Crippen molar-refractivity contribution >= 4 is 5.97 Å². The molecule has 1 aliphatic rings. The maximum Gasteiger partial charge on any atom is 0.310 e. The topological polar surface area (TPSA) is 55.8 Å². The summed E-state index contributed by atoms with van der Waals surface area (Å²) in [6.45, 7) is 3.53. The van der Waals surface area contributed by atoms with Gasteiger partial charge >= 0.3 is 5.97 Å². The summed E-state index contributed by atoms with van der Waals surface area (Å²) in [6, 6.07) is 7.66. The van der Waals surface area contributed by atoms with Gasteiger partial charge in [-0.25, -0.2) is 0 Å². The van der Waals surface area contributed by atoms with E-state index in [0.29, 0.717) is 13.2 Å². The molecule has 0 radical (unpaired) electrons. The number of carboxylic acid groups (broad SMARTS) is 1. The third-order valence-electron chi connectivity index (χ3n) is 3.60. The van der Waals surface area contributed by atoms with Crippen LogP contribution >= 0.6 is 0 Å². The molecule has 0 bridgehead atoms. The zero-order valence-corrected chi connectivity index (χ0v) is 11.2. The molecule has 1 aliphatic heterocycles. The molecule has 104 valence electrons. The van der Waals surface area contributed by atoms with Crippen LogP contribution in [0.4, 0.5) is 0 Å². The highest BCUT2D eigenvalue weighted by molar-refractivity contribution is 5.70. The molecule has 0 spiro atoms. The molecule has 19 heavy (non-hydrogen) atoms. The summed E-state index contributed by atoms with van der Waals surface area (Å²) in [6.07, 6.45) is 1.60.